The molecule has 5 N–H and O–H groups in total. The molecule has 32 heavy (non-hydrogen) atoms. The number of fused-ring (bicyclic) bond motifs is 1. The number of aliphatic hydroxyl groups is 1. The Balaban J connectivity index is 0.00000114. The van der Waals surface area contributed by atoms with Gasteiger partial charge in [-0.3, -0.25) is 14.5 Å². The van der Waals surface area contributed by atoms with Crippen LogP contribution in [0.4, 0.5) is 4.79 Å². The second-order valence-electron chi connectivity index (χ2n) is 6.14. The smallest absolute Gasteiger partial charge is 0.404 e. The van der Waals surface area contributed by atoms with E-state index in [4.69, 9.17) is 15.3 Å². The number of carboxylic acids is 1. The number of hydrogen-bond acceptors (Lipinski definition) is 10. The van der Waals surface area contributed by atoms with Crippen LogP contribution in [0.15, 0.2) is 39.2 Å². The third kappa shape index (κ3) is 5.39. The number of aliphatic carboxylic acids is 1. The van der Waals surface area contributed by atoms with Crippen molar-refractivity contribution in [2.75, 3.05) is 26.1 Å². The van der Waals surface area contributed by atoms with Gasteiger partial charge in [-0.2, -0.15) is 0 Å². The summed E-state index contributed by atoms with van der Waals surface area (Å²) in [4.78, 5) is 53.3. The van der Waals surface area contributed by atoms with E-state index in [0.29, 0.717) is 0 Å². The molecule has 0 spiro atoms. The summed E-state index contributed by atoms with van der Waals surface area (Å²) in [5, 5.41) is 22.6. The lowest BCUT2D eigenvalue weighted by molar-refractivity contribution is -0.150. The quantitative estimate of drug-likeness (QED) is 0.228. The van der Waals surface area contributed by atoms with E-state index >= 15 is 0 Å². The van der Waals surface area contributed by atoms with Gasteiger partial charge in [-0.15, -0.1) is 11.8 Å². The molecule has 1 saturated heterocycles. The highest BCUT2D eigenvalue weighted by molar-refractivity contribution is 8.00. The number of hydrogen-bond donors (Lipinski definition) is 4. The standard InChI is InChI=1S/C16H16N4O8S.C2H6O/c1-26-19-9(8-3-2-4-27-8)12(21)18-10-13(22)20-11(15(23)24)7(5-28-16(17)25)6-29-14(10)20;1-2-3/h2-4,10,14H,5-6H2,1H3,(H2,17,25)(H,18,21)(H,23,24);3H,2H2,1H3/b19-9+;/t10-,14-;/m1./s1. The maximum absolute atomic E-state index is 12.6. The highest BCUT2D eigenvalue weighted by atomic mass is 32.2. The second kappa shape index (κ2) is 11.2. The van der Waals surface area contributed by atoms with E-state index in [1.165, 1.54) is 31.2 Å². The first-order valence-corrected chi connectivity index (χ1v) is 10.2. The third-order valence-electron chi connectivity index (χ3n) is 4.08. The number of thioether (sulfide) groups is 1. The van der Waals surface area contributed by atoms with E-state index < -0.39 is 35.3 Å². The van der Waals surface area contributed by atoms with Gasteiger partial charge in [-0.25, -0.2) is 9.59 Å². The molecule has 2 atom stereocenters. The molecular weight excluding hydrogens is 448 g/mol. The summed E-state index contributed by atoms with van der Waals surface area (Å²) in [6, 6.07) is 2.08. The van der Waals surface area contributed by atoms with Crippen molar-refractivity contribution >= 4 is 41.4 Å². The number of aliphatic hydroxyl groups excluding tert-OH is 1. The minimum absolute atomic E-state index is 0.140. The Labute approximate surface area is 186 Å². The summed E-state index contributed by atoms with van der Waals surface area (Å²) >= 11 is 1.21. The van der Waals surface area contributed by atoms with E-state index in [-0.39, 0.29) is 41.7 Å². The van der Waals surface area contributed by atoms with Crippen molar-refractivity contribution in [3.63, 3.8) is 0 Å². The largest absolute Gasteiger partial charge is 0.477 e. The first-order chi connectivity index (χ1) is 15.3. The summed E-state index contributed by atoms with van der Waals surface area (Å²) in [5.41, 5.74) is 4.68. The molecule has 3 amide bonds. The maximum atomic E-state index is 12.6. The van der Waals surface area contributed by atoms with Crippen molar-refractivity contribution in [1.82, 2.24) is 10.2 Å². The number of carbonyl (C=O) groups is 4. The summed E-state index contributed by atoms with van der Waals surface area (Å²) in [7, 11) is 1.25. The topological polar surface area (TPSA) is 194 Å². The molecular formula is C18H22N4O9S. The van der Waals surface area contributed by atoms with Gasteiger partial charge < -0.3 is 35.3 Å². The van der Waals surface area contributed by atoms with Crippen LogP contribution in [0.5, 0.6) is 0 Å². The number of primary amides is 1. The van der Waals surface area contributed by atoms with E-state index in [1.54, 1.807) is 13.0 Å². The van der Waals surface area contributed by atoms with Crippen molar-refractivity contribution in [3.05, 3.63) is 35.4 Å². The molecule has 1 fully saturated rings. The van der Waals surface area contributed by atoms with E-state index in [0.717, 1.165) is 4.90 Å². The van der Waals surface area contributed by atoms with Crippen molar-refractivity contribution in [2.24, 2.45) is 10.9 Å². The maximum Gasteiger partial charge on any atom is 0.404 e. The van der Waals surface area contributed by atoms with Crippen molar-refractivity contribution < 1.29 is 43.4 Å². The van der Waals surface area contributed by atoms with Crippen molar-refractivity contribution in [2.45, 2.75) is 18.3 Å². The van der Waals surface area contributed by atoms with Gasteiger partial charge in [0.2, 0.25) is 5.71 Å². The number of nitrogens with two attached hydrogens (primary N) is 1. The SMILES string of the molecule is CCO.CO/N=C(/C(=O)N[C@@H]1C(=O)N2C(C(=O)O)=C(COC(N)=O)CS[C@H]12)c1ccco1. The molecule has 0 bridgehead atoms. The Morgan fingerprint density at radius 1 is 1.44 bits per heavy atom. The molecule has 0 aliphatic carbocycles. The fourth-order valence-corrected chi connectivity index (χ4v) is 4.19. The number of oxime groups is 1. The molecule has 3 rings (SSSR count). The zero-order valence-electron chi connectivity index (χ0n) is 17.1. The number of nitrogens with one attached hydrogen (secondary N) is 1. The molecule has 0 saturated carbocycles. The van der Waals surface area contributed by atoms with Crippen LogP contribution < -0.4 is 11.1 Å². The number of amides is 3. The van der Waals surface area contributed by atoms with Crippen LogP contribution in [0.25, 0.3) is 0 Å². The lowest BCUT2D eigenvalue weighted by Gasteiger charge is -2.49. The molecule has 0 unspecified atom stereocenters. The second-order valence-corrected chi connectivity index (χ2v) is 7.25. The fraction of sp³-hybridized carbons (Fsp3) is 0.389. The summed E-state index contributed by atoms with van der Waals surface area (Å²) in [6.45, 7) is 1.58. The molecule has 13 nitrogen and oxygen atoms in total. The Bertz CT molecular complexity index is 929. The Kier molecular flexibility index (Phi) is 8.66. The first kappa shape index (κ1) is 24.7. The van der Waals surface area contributed by atoms with Crippen LogP contribution in [0.1, 0.15) is 12.7 Å². The van der Waals surface area contributed by atoms with Crippen LogP contribution in [0.2, 0.25) is 0 Å². The molecule has 0 aromatic carbocycles. The van der Waals surface area contributed by atoms with Gasteiger partial charge in [-0.05, 0) is 19.1 Å². The Morgan fingerprint density at radius 2 is 2.12 bits per heavy atom. The van der Waals surface area contributed by atoms with E-state index in [9.17, 15) is 24.3 Å². The van der Waals surface area contributed by atoms with Crippen LogP contribution in [-0.4, -0.2) is 82.2 Å². The zero-order valence-corrected chi connectivity index (χ0v) is 18.0. The van der Waals surface area contributed by atoms with Crippen molar-refractivity contribution in [1.29, 1.82) is 0 Å². The van der Waals surface area contributed by atoms with Crippen molar-refractivity contribution in [3.8, 4) is 0 Å². The minimum atomic E-state index is -1.35. The molecule has 2 aliphatic rings. The Morgan fingerprint density at radius 3 is 2.66 bits per heavy atom. The number of furan rings is 1. The third-order valence-corrected chi connectivity index (χ3v) is 5.42. The number of carboxylic acid groups (broad SMARTS) is 1. The van der Waals surface area contributed by atoms with Crippen LogP contribution in [-0.2, 0) is 24.0 Å². The van der Waals surface area contributed by atoms with Crippen LogP contribution in [0, 0.1) is 0 Å². The van der Waals surface area contributed by atoms with Gasteiger partial charge in [0.25, 0.3) is 11.8 Å². The number of nitrogens with zero attached hydrogens (tertiary/aromatic N) is 2. The number of ether oxygens (including phenoxy) is 1. The Hall–Kier alpha value is -3.52. The fourth-order valence-electron chi connectivity index (χ4n) is 2.87. The zero-order chi connectivity index (χ0) is 23.8. The molecule has 2 aliphatic heterocycles. The average Bonchev–Trinajstić information content (AvgIpc) is 3.28. The number of β-lactam (4-membered cyclic amide) rings is 1. The van der Waals surface area contributed by atoms with Gasteiger partial charge >= 0.3 is 12.1 Å². The predicted molar refractivity (Wildman–Crippen MR) is 110 cm³/mol. The summed E-state index contributed by atoms with van der Waals surface area (Å²) in [6.07, 6.45) is 0.290. The molecule has 3 heterocycles. The lowest BCUT2D eigenvalue weighted by atomic mass is 10.0. The molecule has 0 radical (unpaired) electrons. The van der Waals surface area contributed by atoms with Gasteiger partial charge in [0.15, 0.2) is 5.76 Å². The van der Waals surface area contributed by atoms with Crippen LogP contribution in [0.3, 0.4) is 0 Å². The molecule has 14 heteroatoms. The van der Waals surface area contributed by atoms with E-state index in [2.05, 4.69) is 20.0 Å². The van der Waals surface area contributed by atoms with E-state index in [1.807, 2.05) is 0 Å². The summed E-state index contributed by atoms with van der Waals surface area (Å²) in [5.74, 6) is -2.38. The number of rotatable bonds is 7. The van der Waals surface area contributed by atoms with Gasteiger partial charge in [0.1, 0.15) is 30.8 Å². The molecule has 174 valence electrons. The van der Waals surface area contributed by atoms with Crippen LogP contribution >= 0.6 is 11.8 Å². The molecule has 1 aromatic rings. The first-order valence-electron chi connectivity index (χ1n) is 9.15. The highest BCUT2D eigenvalue weighted by Gasteiger charge is 2.54. The van der Waals surface area contributed by atoms with Gasteiger partial charge in [-0.1, -0.05) is 5.16 Å². The normalized spacial score (nSPS) is 19.8. The predicted octanol–water partition coefficient (Wildman–Crippen LogP) is -0.537. The molecule has 1 aromatic heterocycles. The average molecular weight is 470 g/mol. The number of carbonyl (C=O) groups excluding carboxylic acids is 3. The monoisotopic (exact) mass is 470 g/mol. The summed E-state index contributed by atoms with van der Waals surface area (Å²) < 4.78 is 9.79. The lowest BCUT2D eigenvalue weighted by Crippen LogP contribution is -2.71. The minimum Gasteiger partial charge on any atom is -0.477 e. The highest BCUT2D eigenvalue weighted by Crippen LogP contribution is 2.40. The van der Waals surface area contributed by atoms with Gasteiger partial charge in [0.05, 0.1) is 6.26 Å². The van der Waals surface area contributed by atoms with Gasteiger partial charge in [0, 0.05) is 17.9 Å².